The van der Waals surface area contributed by atoms with E-state index in [1.165, 1.54) is 41.4 Å². The van der Waals surface area contributed by atoms with Gasteiger partial charge in [0.25, 0.3) is 0 Å². The molecular weight excluding hydrogens is 242 g/mol. The van der Waals surface area contributed by atoms with Crippen LogP contribution in [-0.4, -0.2) is 13.1 Å². The highest BCUT2D eigenvalue weighted by molar-refractivity contribution is 5.68. The maximum atomic E-state index is 4.30. The number of benzene rings is 1. The molecule has 1 heterocycles. The molecule has 0 spiro atoms. The molecule has 1 aromatic rings. The Balaban J connectivity index is 2.88. The van der Waals surface area contributed by atoms with Crippen LogP contribution < -0.4 is 15.3 Å². The Hall–Kier alpha value is -1.50. The second-order valence-corrected chi connectivity index (χ2v) is 5.90. The van der Waals surface area contributed by atoms with Crippen molar-refractivity contribution in [2.75, 3.05) is 18.0 Å². The predicted molar refractivity (Wildman–Crippen MR) is 90.5 cm³/mol. The number of fused-ring (bicyclic) bond motifs is 1. The summed E-state index contributed by atoms with van der Waals surface area (Å²) in [6.45, 7) is 15.4. The predicted octanol–water partition coefficient (Wildman–Crippen LogP) is 3.25. The van der Waals surface area contributed by atoms with Crippen molar-refractivity contribution < 1.29 is 0 Å². The van der Waals surface area contributed by atoms with Crippen molar-refractivity contribution in [3.05, 3.63) is 40.3 Å². The molecule has 1 aromatic carbocycles. The molecule has 108 valence electrons. The van der Waals surface area contributed by atoms with Crippen LogP contribution in [0.5, 0.6) is 0 Å². The summed E-state index contributed by atoms with van der Waals surface area (Å²) in [6, 6.07) is 4.47. The molecule has 1 nitrogen and oxygen atoms in total. The van der Waals surface area contributed by atoms with Gasteiger partial charge in [-0.1, -0.05) is 44.7 Å². The Morgan fingerprint density at radius 3 is 2.75 bits per heavy atom. The molecule has 1 heteroatoms. The van der Waals surface area contributed by atoms with Gasteiger partial charge in [0.2, 0.25) is 0 Å². The number of nitrogens with zero attached hydrogens (tertiary/aromatic N) is 1. The highest BCUT2D eigenvalue weighted by Gasteiger charge is 2.18. The Kier molecular flexibility index (Phi) is 4.69. The van der Waals surface area contributed by atoms with Gasteiger partial charge >= 0.3 is 0 Å². The normalized spacial score (nSPS) is 16.8. The molecule has 0 saturated heterocycles. The molecule has 0 radical (unpaired) electrons. The van der Waals surface area contributed by atoms with E-state index in [4.69, 9.17) is 0 Å². The van der Waals surface area contributed by atoms with Crippen LogP contribution in [0.4, 0.5) is 5.69 Å². The van der Waals surface area contributed by atoms with Crippen LogP contribution in [0.3, 0.4) is 0 Å². The molecule has 0 bridgehead atoms. The number of hydrogen-bond acceptors (Lipinski definition) is 1. The molecule has 2 rings (SSSR count). The van der Waals surface area contributed by atoms with E-state index >= 15 is 0 Å². The molecule has 0 unspecified atom stereocenters. The van der Waals surface area contributed by atoms with Crippen LogP contribution >= 0.6 is 0 Å². The second-order valence-electron chi connectivity index (χ2n) is 5.90. The van der Waals surface area contributed by atoms with Gasteiger partial charge in [0, 0.05) is 24.0 Å². The van der Waals surface area contributed by atoms with Gasteiger partial charge in [-0.15, -0.1) is 0 Å². The molecule has 0 atom stereocenters. The third-order valence-corrected chi connectivity index (χ3v) is 4.18. The average Bonchev–Trinajstić information content (AvgIpc) is 2.44. The third-order valence-electron chi connectivity index (χ3n) is 4.18. The SMILES string of the molecule is C=c1ccc2c(/c1=C(/C=C\C)C(C)C)N(CC)CCC2. The minimum Gasteiger partial charge on any atom is -0.371 e. The number of hydrogen-bond donors (Lipinski definition) is 0. The standard InChI is InChI=1S/C19H27N/c1-6-9-17(14(3)4)18-15(5)11-12-16-10-8-13-20(7-2)19(16)18/h6,9,11-12,14H,5,7-8,10,13H2,1-4H3/b9-6-,18-17-. The zero-order chi connectivity index (χ0) is 14.7. The monoisotopic (exact) mass is 269 g/mol. The van der Waals surface area contributed by atoms with Crippen molar-refractivity contribution in [1.82, 2.24) is 0 Å². The maximum absolute atomic E-state index is 4.30. The van der Waals surface area contributed by atoms with Crippen molar-refractivity contribution in [2.45, 2.75) is 40.5 Å². The van der Waals surface area contributed by atoms with Gasteiger partial charge in [-0.3, -0.25) is 0 Å². The lowest BCUT2D eigenvalue weighted by molar-refractivity contribution is 0.703. The van der Waals surface area contributed by atoms with Crippen LogP contribution in [0.15, 0.2) is 24.3 Å². The zero-order valence-electron chi connectivity index (χ0n) is 13.4. The lowest BCUT2D eigenvalue weighted by Gasteiger charge is -2.31. The van der Waals surface area contributed by atoms with Crippen molar-refractivity contribution in [2.24, 2.45) is 5.92 Å². The van der Waals surface area contributed by atoms with Gasteiger partial charge in [0.1, 0.15) is 0 Å². The molecule has 20 heavy (non-hydrogen) atoms. The van der Waals surface area contributed by atoms with E-state index in [1.807, 2.05) is 0 Å². The smallest absolute Gasteiger partial charge is 0.0481 e. The summed E-state index contributed by atoms with van der Waals surface area (Å²) in [5.74, 6) is 0.513. The molecule has 0 N–H and O–H groups in total. The largest absolute Gasteiger partial charge is 0.371 e. The summed E-state index contributed by atoms with van der Waals surface area (Å²) in [5, 5.41) is 2.53. The lowest BCUT2D eigenvalue weighted by Crippen LogP contribution is -2.40. The van der Waals surface area contributed by atoms with Crippen LogP contribution in [0.25, 0.3) is 12.2 Å². The van der Waals surface area contributed by atoms with Crippen molar-refractivity contribution in [3.63, 3.8) is 0 Å². The van der Waals surface area contributed by atoms with Gasteiger partial charge in [-0.25, -0.2) is 0 Å². The number of aryl methyl sites for hydroxylation is 1. The summed E-state index contributed by atoms with van der Waals surface area (Å²) in [4.78, 5) is 2.52. The van der Waals surface area contributed by atoms with E-state index in [1.54, 1.807) is 0 Å². The quantitative estimate of drug-likeness (QED) is 0.814. The molecule has 0 fully saturated rings. The fourth-order valence-electron chi connectivity index (χ4n) is 3.19. The van der Waals surface area contributed by atoms with E-state index in [-0.39, 0.29) is 0 Å². The van der Waals surface area contributed by atoms with Crippen LogP contribution in [-0.2, 0) is 6.42 Å². The van der Waals surface area contributed by atoms with Crippen molar-refractivity contribution >= 4 is 17.8 Å². The summed E-state index contributed by atoms with van der Waals surface area (Å²) in [6.07, 6.45) is 6.86. The topological polar surface area (TPSA) is 3.24 Å². The van der Waals surface area contributed by atoms with E-state index in [9.17, 15) is 0 Å². The van der Waals surface area contributed by atoms with Gasteiger partial charge < -0.3 is 4.90 Å². The molecule has 1 aliphatic rings. The summed E-state index contributed by atoms with van der Waals surface area (Å²) in [7, 11) is 0. The number of anilines is 1. The first-order valence-electron chi connectivity index (χ1n) is 7.82. The third kappa shape index (κ3) is 2.67. The Morgan fingerprint density at radius 2 is 2.15 bits per heavy atom. The highest BCUT2D eigenvalue weighted by Crippen LogP contribution is 2.24. The summed E-state index contributed by atoms with van der Waals surface area (Å²) < 4.78 is 0. The number of allylic oxidation sites excluding steroid dienone is 2. The molecule has 0 saturated carbocycles. The molecule has 0 aromatic heterocycles. The highest BCUT2D eigenvalue weighted by atomic mass is 15.1. The lowest BCUT2D eigenvalue weighted by atomic mass is 9.92. The van der Waals surface area contributed by atoms with E-state index in [2.05, 4.69) is 63.5 Å². The van der Waals surface area contributed by atoms with E-state index in [0.29, 0.717) is 5.92 Å². The Bertz CT molecular complexity index is 607. The number of rotatable bonds is 3. The van der Waals surface area contributed by atoms with Gasteiger partial charge in [-0.05, 0) is 49.0 Å². The van der Waals surface area contributed by atoms with Crippen molar-refractivity contribution in [1.29, 1.82) is 0 Å². The minimum atomic E-state index is 0.513. The first-order valence-corrected chi connectivity index (χ1v) is 7.82. The van der Waals surface area contributed by atoms with E-state index < -0.39 is 0 Å². The fraction of sp³-hybridized carbons (Fsp3) is 0.474. The Labute approximate surface area is 123 Å². The first-order chi connectivity index (χ1) is 9.60. The Morgan fingerprint density at radius 1 is 1.40 bits per heavy atom. The van der Waals surface area contributed by atoms with Crippen LogP contribution in [0.1, 0.15) is 39.7 Å². The summed E-state index contributed by atoms with van der Waals surface area (Å²) in [5.41, 5.74) is 4.34. The fourth-order valence-corrected chi connectivity index (χ4v) is 3.19. The molecule has 0 aliphatic carbocycles. The van der Waals surface area contributed by atoms with Gasteiger partial charge in [-0.2, -0.15) is 0 Å². The maximum Gasteiger partial charge on any atom is 0.0481 e. The zero-order valence-corrected chi connectivity index (χ0v) is 13.4. The summed E-state index contributed by atoms with van der Waals surface area (Å²) >= 11 is 0. The van der Waals surface area contributed by atoms with Crippen LogP contribution in [0.2, 0.25) is 0 Å². The molecular formula is C19H27N. The van der Waals surface area contributed by atoms with Gasteiger partial charge in [0.15, 0.2) is 0 Å². The second kappa shape index (κ2) is 6.30. The molecule has 0 amide bonds. The van der Waals surface area contributed by atoms with Crippen LogP contribution in [0, 0.1) is 5.92 Å². The van der Waals surface area contributed by atoms with E-state index in [0.717, 1.165) is 11.8 Å². The minimum absolute atomic E-state index is 0.513. The van der Waals surface area contributed by atoms with Gasteiger partial charge in [0.05, 0.1) is 0 Å². The average molecular weight is 269 g/mol. The van der Waals surface area contributed by atoms with Crippen molar-refractivity contribution in [3.8, 4) is 0 Å². The molecule has 1 aliphatic heterocycles. The first kappa shape index (κ1) is 14.9.